The van der Waals surface area contributed by atoms with Gasteiger partial charge in [-0.15, -0.1) is 0 Å². The van der Waals surface area contributed by atoms with Gasteiger partial charge in [-0.3, -0.25) is 0 Å². The van der Waals surface area contributed by atoms with E-state index in [4.69, 9.17) is 0 Å². The molecule has 4 rings (SSSR count). The van der Waals surface area contributed by atoms with Crippen molar-refractivity contribution in [2.75, 3.05) is 0 Å². The molecular formula is C21H23N3O2S. The molecule has 0 saturated carbocycles. The number of rotatable bonds is 5. The first-order valence-corrected chi connectivity index (χ1v) is 10.7. The van der Waals surface area contributed by atoms with E-state index in [2.05, 4.69) is 14.3 Å². The van der Waals surface area contributed by atoms with E-state index in [9.17, 15) is 8.42 Å². The molecule has 2 unspecified atom stereocenters. The summed E-state index contributed by atoms with van der Waals surface area (Å²) in [5.41, 5.74) is 1.98. The van der Waals surface area contributed by atoms with Crippen molar-refractivity contribution >= 4 is 10.0 Å². The molecule has 0 saturated heterocycles. The van der Waals surface area contributed by atoms with Crippen molar-refractivity contribution in [2.24, 2.45) is 0 Å². The van der Waals surface area contributed by atoms with Crippen LogP contribution in [0.3, 0.4) is 0 Å². The molecule has 5 nitrogen and oxygen atoms in total. The molecule has 6 heteroatoms. The highest BCUT2D eigenvalue weighted by molar-refractivity contribution is 7.89. The van der Waals surface area contributed by atoms with Gasteiger partial charge in [0.2, 0.25) is 10.0 Å². The lowest BCUT2D eigenvalue weighted by molar-refractivity contribution is 0.378. The minimum Gasteiger partial charge on any atom is -0.335 e. The number of hydrogen-bond acceptors (Lipinski definition) is 3. The first-order chi connectivity index (χ1) is 13.0. The van der Waals surface area contributed by atoms with Crippen LogP contribution in [0.1, 0.15) is 41.8 Å². The van der Waals surface area contributed by atoms with E-state index < -0.39 is 10.0 Å². The lowest BCUT2D eigenvalue weighted by atomic mass is 9.87. The van der Waals surface area contributed by atoms with Gasteiger partial charge in [0, 0.05) is 24.9 Å². The van der Waals surface area contributed by atoms with E-state index in [1.807, 2.05) is 55.6 Å². The van der Waals surface area contributed by atoms with Gasteiger partial charge < -0.3 is 4.57 Å². The van der Waals surface area contributed by atoms with Crippen LogP contribution in [-0.2, 0) is 16.6 Å². The third-order valence-corrected chi connectivity index (χ3v) is 6.62. The Morgan fingerprint density at radius 1 is 1.11 bits per heavy atom. The molecule has 27 heavy (non-hydrogen) atoms. The van der Waals surface area contributed by atoms with Gasteiger partial charge in [-0.2, -0.15) is 0 Å². The smallest absolute Gasteiger partial charge is 0.241 e. The number of aryl methyl sites for hydroxylation is 2. The summed E-state index contributed by atoms with van der Waals surface area (Å²) < 4.78 is 31.3. The highest BCUT2D eigenvalue weighted by atomic mass is 32.2. The summed E-state index contributed by atoms with van der Waals surface area (Å²) in [6, 6.07) is 16.4. The van der Waals surface area contributed by atoms with Crippen molar-refractivity contribution in [1.29, 1.82) is 0 Å². The molecule has 140 valence electrons. The fraction of sp³-hybridized carbons (Fsp3) is 0.286. The molecule has 0 bridgehead atoms. The molecule has 0 spiro atoms. The fourth-order valence-electron chi connectivity index (χ4n) is 3.76. The van der Waals surface area contributed by atoms with E-state index in [1.54, 1.807) is 18.3 Å². The van der Waals surface area contributed by atoms with Gasteiger partial charge in [0.15, 0.2) is 0 Å². The van der Waals surface area contributed by atoms with E-state index in [0.717, 1.165) is 36.3 Å². The second kappa shape index (κ2) is 7.29. The Morgan fingerprint density at radius 3 is 2.59 bits per heavy atom. The minimum absolute atomic E-state index is 0.00336. The van der Waals surface area contributed by atoms with E-state index >= 15 is 0 Å². The number of nitrogens with zero attached hydrogens (tertiary/aromatic N) is 2. The van der Waals surface area contributed by atoms with E-state index in [-0.39, 0.29) is 16.9 Å². The van der Waals surface area contributed by atoms with Gasteiger partial charge in [-0.05, 0) is 37.5 Å². The lowest BCUT2D eigenvalue weighted by Crippen LogP contribution is -2.35. The Kier molecular flexibility index (Phi) is 4.85. The zero-order valence-corrected chi connectivity index (χ0v) is 16.1. The minimum atomic E-state index is -3.65. The third kappa shape index (κ3) is 3.68. The Hall–Kier alpha value is -2.44. The topological polar surface area (TPSA) is 64.0 Å². The van der Waals surface area contributed by atoms with Crippen molar-refractivity contribution in [2.45, 2.75) is 43.2 Å². The average Bonchev–Trinajstić information content (AvgIpc) is 3.16. The highest BCUT2D eigenvalue weighted by Gasteiger charge is 2.33. The molecule has 2 heterocycles. The molecule has 3 aromatic rings. The molecule has 1 aliphatic heterocycles. The first-order valence-electron chi connectivity index (χ1n) is 9.19. The molecule has 2 aromatic carbocycles. The number of fused-ring (bicyclic) bond motifs is 1. The summed E-state index contributed by atoms with van der Waals surface area (Å²) in [5.74, 6) is 0.943. The zero-order valence-electron chi connectivity index (χ0n) is 15.2. The van der Waals surface area contributed by atoms with Gasteiger partial charge in [0.05, 0.1) is 10.9 Å². The molecule has 0 aliphatic carbocycles. The summed E-state index contributed by atoms with van der Waals surface area (Å²) in [6.45, 7) is 2.87. The number of benzene rings is 2. The molecule has 1 aromatic heterocycles. The maximum atomic E-state index is 13.1. The zero-order chi connectivity index (χ0) is 18.9. The van der Waals surface area contributed by atoms with Crippen LogP contribution in [0.5, 0.6) is 0 Å². The third-order valence-electron chi connectivity index (χ3n) is 5.17. The molecule has 0 amide bonds. The summed E-state index contributed by atoms with van der Waals surface area (Å²) in [5, 5.41) is 0. The van der Waals surface area contributed by atoms with Crippen LogP contribution in [0.2, 0.25) is 0 Å². The van der Waals surface area contributed by atoms with Crippen molar-refractivity contribution in [3.05, 3.63) is 83.9 Å². The standard InChI is InChI=1S/C21H23N3O2S/c1-16-9-11-18(12-10-16)27(25,26)23-20(17-6-3-2-4-7-17)19-8-5-14-24-15-13-22-21(19)24/h2-4,6-7,9-13,15,19-20,23H,5,8,14H2,1H3. The summed E-state index contributed by atoms with van der Waals surface area (Å²) in [6.07, 6.45) is 5.67. The molecular weight excluding hydrogens is 358 g/mol. The number of hydrogen-bond donors (Lipinski definition) is 1. The number of aromatic nitrogens is 2. The SMILES string of the molecule is Cc1ccc(S(=O)(=O)NC(c2ccccc2)C2CCCn3ccnc32)cc1. The van der Waals surface area contributed by atoms with Crippen LogP contribution in [0, 0.1) is 6.92 Å². The van der Waals surface area contributed by atoms with Gasteiger partial charge >= 0.3 is 0 Å². The Balaban J connectivity index is 1.73. The maximum absolute atomic E-state index is 13.1. The van der Waals surface area contributed by atoms with Gasteiger partial charge in [-0.1, -0.05) is 48.0 Å². The van der Waals surface area contributed by atoms with Crippen molar-refractivity contribution in [3.63, 3.8) is 0 Å². The summed E-state index contributed by atoms with van der Waals surface area (Å²) >= 11 is 0. The van der Waals surface area contributed by atoms with Crippen molar-refractivity contribution in [3.8, 4) is 0 Å². The Morgan fingerprint density at radius 2 is 1.85 bits per heavy atom. The summed E-state index contributed by atoms with van der Waals surface area (Å²) in [7, 11) is -3.65. The average molecular weight is 382 g/mol. The maximum Gasteiger partial charge on any atom is 0.241 e. The Bertz CT molecular complexity index is 1010. The predicted molar refractivity (Wildman–Crippen MR) is 105 cm³/mol. The normalized spacial score (nSPS) is 18.0. The van der Waals surface area contributed by atoms with Crippen LogP contribution >= 0.6 is 0 Å². The van der Waals surface area contributed by atoms with Crippen LogP contribution < -0.4 is 4.72 Å². The number of nitrogens with one attached hydrogen (secondary N) is 1. The van der Waals surface area contributed by atoms with Crippen molar-refractivity contribution < 1.29 is 8.42 Å². The van der Waals surface area contributed by atoms with Gasteiger partial charge in [-0.25, -0.2) is 18.1 Å². The highest BCUT2D eigenvalue weighted by Crippen LogP contribution is 2.37. The molecule has 1 N–H and O–H groups in total. The van der Waals surface area contributed by atoms with Crippen LogP contribution in [0.4, 0.5) is 0 Å². The van der Waals surface area contributed by atoms with Crippen LogP contribution in [0.25, 0.3) is 0 Å². The fourth-order valence-corrected chi connectivity index (χ4v) is 5.03. The molecule has 0 radical (unpaired) electrons. The molecule has 0 fully saturated rings. The van der Waals surface area contributed by atoms with E-state index in [1.165, 1.54) is 0 Å². The van der Waals surface area contributed by atoms with Gasteiger partial charge in [0.1, 0.15) is 5.82 Å². The predicted octanol–water partition coefficient (Wildman–Crippen LogP) is 3.79. The molecule has 2 atom stereocenters. The van der Waals surface area contributed by atoms with Gasteiger partial charge in [0.25, 0.3) is 0 Å². The quantitative estimate of drug-likeness (QED) is 0.731. The lowest BCUT2D eigenvalue weighted by Gasteiger charge is -2.31. The number of imidazole rings is 1. The largest absolute Gasteiger partial charge is 0.335 e. The molecule has 1 aliphatic rings. The number of sulfonamides is 1. The second-order valence-electron chi connectivity index (χ2n) is 7.05. The van der Waals surface area contributed by atoms with E-state index in [0.29, 0.717) is 0 Å². The van der Waals surface area contributed by atoms with Crippen LogP contribution in [-0.4, -0.2) is 18.0 Å². The van der Waals surface area contributed by atoms with Crippen LogP contribution in [0.15, 0.2) is 71.9 Å². The first kappa shape index (κ1) is 17.9. The monoisotopic (exact) mass is 381 g/mol. The second-order valence-corrected chi connectivity index (χ2v) is 8.76. The van der Waals surface area contributed by atoms with Crippen molar-refractivity contribution in [1.82, 2.24) is 14.3 Å². The Labute approximate surface area is 160 Å². The summed E-state index contributed by atoms with van der Waals surface area (Å²) in [4.78, 5) is 4.81.